The molecule has 1 heterocycles. The van der Waals surface area contributed by atoms with Gasteiger partial charge in [0.05, 0.1) is 0 Å². The molecule has 0 amide bonds. The first kappa shape index (κ1) is 18.3. The zero-order valence-corrected chi connectivity index (χ0v) is 15.2. The molecule has 1 aromatic heterocycles. The van der Waals surface area contributed by atoms with E-state index in [1.807, 2.05) is 41.8 Å². The van der Waals surface area contributed by atoms with Crippen molar-refractivity contribution in [2.45, 2.75) is 30.3 Å². The summed E-state index contributed by atoms with van der Waals surface area (Å²) in [7, 11) is 0. The molecule has 0 bridgehead atoms. The van der Waals surface area contributed by atoms with Crippen molar-refractivity contribution < 1.29 is 8.78 Å². The summed E-state index contributed by atoms with van der Waals surface area (Å²) >= 11 is 1.46. The van der Waals surface area contributed by atoms with Crippen molar-refractivity contribution in [3.8, 4) is 0 Å². The van der Waals surface area contributed by atoms with Crippen LogP contribution in [0.5, 0.6) is 0 Å². The Balaban J connectivity index is 1.82. The molecule has 0 aliphatic heterocycles. The number of rotatable bonds is 7. The molecular weight excluding hydrogens is 352 g/mol. The average Bonchev–Trinajstić information content (AvgIpc) is 3.00. The maximum Gasteiger partial charge on any atom is 0.192 e. The Bertz CT molecular complexity index is 893. The highest BCUT2D eigenvalue weighted by Crippen LogP contribution is 2.34. The van der Waals surface area contributed by atoms with Crippen LogP contribution in [0.2, 0.25) is 0 Å². The minimum absolute atomic E-state index is 0.0950. The first-order valence-electron chi connectivity index (χ1n) is 8.27. The molecule has 0 spiro atoms. The predicted molar refractivity (Wildman–Crippen MR) is 100 cm³/mol. The van der Waals surface area contributed by atoms with Crippen LogP contribution in [0.25, 0.3) is 0 Å². The van der Waals surface area contributed by atoms with E-state index in [1.165, 1.54) is 17.8 Å². The molecular formula is C20H19F2N3S. The SMILES string of the molecule is C=CCn1c(Cc2ccccc2)nnc1SC(C)c1ccc(F)c(F)c1. The van der Waals surface area contributed by atoms with Gasteiger partial charge < -0.3 is 4.57 Å². The molecule has 0 fully saturated rings. The lowest BCUT2D eigenvalue weighted by Gasteiger charge is -2.13. The van der Waals surface area contributed by atoms with Crippen LogP contribution in [0.4, 0.5) is 8.78 Å². The second-order valence-corrected chi connectivity index (χ2v) is 7.20. The molecule has 1 atom stereocenters. The van der Waals surface area contributed by atoms with Gasteiger partial charge in [-0.25, -0.2) is 8.78 Å². The number of allylic oxidation sites excluding steroid dienone is 1. The van der Waals surface area contributed by atoms with Gasteiger partial charge >= 0.3 is 0 Å². The van der Waals surface area contributed by atoms with Crippen molar-refractivity contribution in [2.24, 2.45) is 0 Å². The monoisotopic (exact) mass is 371 g/mol. The Hall–Kier alpha value is -2.47. The molecule has 0 saturated carbocycles. The Morgan fingerprint density at radius 2 is 1.88 bits per heavy atom. The van der Waals surface area contributed by atoms with Gasteiger partial charge in [-0.15, -0.1) is 16.8 Å². The summed E-state index contributed by atoms with van der Waals surface area (Å²) in [5, 5.41) is 9.25. The Labute approximate surface area is 155 Å². The minimum atomic E-state index is -0.842. The van der Waals surface area contributed by atoms with Crippen molar-refractivity contribution in [3.05, 3.63) is 89.8 Å². The molecule has 0 aliphatic carbocycles. The zero-order valence-electron chi connectivity index (χ0n) is 14.4. The highest BCUT2D eigenvalue weighted by molar-refractivity contribution is 7.99. The van der Waals surface area contributed by atoms with E-state index >= 15 is 0 Å². The summed E-state index contributed by atoms with van der Waals surface area (Å²) in [6.45, 7) is 6.32. The summed E-state index contributed by atoms with van der Waals surface area (Å²) < 4.78 is 28.6. The summed E-state index contributed by atoms with van der Waals surface area (Å²) in [5.74, 6) is -0.839. The van der Waals surface area contributed by atoms with Gasteiger partial charge in [0.25, 0.3) is 0 Å². The van der Waals surface area contributed by atoms with Crippen LogP contribution in [0, 0.1) is 11.6 Å². The van der Waals surface area contributed by atoms with Gasteiger partial charge in [0.2, 0.25) is 0 Å². The second kappa shape index (κ2) is 8.27. The fourth-order valence-electron chi connectivity index (χ4n) is 2.62. The van der Waals surface area contributed by atoms with Gasteiger partial charge in [-0.2, -0.15) is 0 Å². The van der Waals surface area contributed by atoms with Crippen molar-refractivity contribution in [2.75, 3.05) is 0 Å². The van der Waals surface area contributed by atoms with Crippen LogP contribution >= 0.6 is 11.8 Å². The fraction of sp³-hybridized carbons (Fsp3) is 0.200. The van der Waals surface area contributed by atoms with Crippen LogP contribution in [0.1, 0.15) is 29.1 Å². The van der Waals surface area contributed by atoms with Crippen LogP contribution in [0.3, 0.4) is 0 Å². The van der Waals surface area contributed by atoms with E-state index in [2.05, 4.69) is 16.8 Å². The van der Waals surface area contributed by atoms with E-state index in [0.717, 1.165) is 22.6 Å². The van der Waals surface area contributed by atoms with Crippen LogP contribution < -0.4 is 0 Å². The lowest BCUT2D eigenvalue weighted by Crippen LogP contribution is -2.05. The number of hydrogen-bond donors (Lipinski definition) is 0. The number of aromatic nitrogens is 3. The van der Waals surface area contributed by atoms with E-state index in [9.17, 15) is 8.78 Å². The van der Waals surface area contributed by atoms with E-state index in [1.54, 1.807) is 12.1 Å². The summed E-state index contributed by atoms with van der Waals surface area (Å²) in [6.07, 6.45) is 2.46. The molecule has 134 valence electrons. The van der Waals surface area contributed by atoms with Crippen molar-refractivity contribution in [3.63, 3.8) is 0 Å². The molecule has 1 unspecified atom stereocenters. The number of benzene rings is 2. The van der Waals surface area contributed by atoms with E-state index in [-0.39, 0.29) is 5.25 Å². The number of thioether (sulfide) groups is 1. The number of nitrogens with zero attached hydrogens (tertiary/aromatic N) is 3. The third-order valence-electron chi connectivity index (χ3n) is 4.01. The van der Waals surface area contributed by atoms with E-state index in [4.69, 9.17) is 0 Å². The van der Waals surface area contributed by atoms with Gasteiger partial charge in [0, 0.05) is 18.2 Å². The molecule has 6 heteroatoms. The quantitative estimate of drug-likeness (QED) is 0.423. The second-order valence-electron chi connectivity index (χ2n) is 5.89. The van der Waals surface area contributed by atoms with Crippen molar-refractivity contribution in [1.82, 2.24) is 14.8 Å². The largest absolute Gasteiger partial charge is 0.302 e. The third kappa shape index (κ3) is 4.19. The molecule has 2 aromatic carbocycles. The number of halogens is 2. The normalized spacial score (nSPS) is 12.1. The average molecular weight is 371 g/mol. The topological polar surface area (TPSA) is 30.7 Å². The van der Waals surface area contributed by atoms with Crippen molar-refractivity contribution >= 4 is 11.8 Å². The Kier molecular flexibility index (Phi) is 5.83. The van der Waals surface area contributed by atoms with Gasteiger partial charge in [-0.3, -0.25) is 0 Å². The van der Waals surface area contributed by atoms with E-state index < -0.39 is 11.6 Å². The van der Waals surface area contributed by atoms with Gasteiger partial charge in [0.15, 0.2) is 16.8 Å². The lowest BCUT2D eigenvalue weighted by molar-refractivity contribution is 0.507. The van der Waals surface area contributed by atoms with Crippen LogP contribution in [-0.2, 0) is 13.0 Å². The summed E-state index contributed by atoms with van der Waals surface area (Å²) in [4.78, 5) is 0. The summed E-state index contributed by atoms with van der Waals surface area (Å²) in [5.41, 5.74) is 1.85. The highest BCUT2D eigenvalue weighted by atomic mass is 32.2. The molecule has 3 aromatic rings. The summed E-state index contributed by atoms with van der Waals surface area (Å²) in [6, 6.07) is 14.0. The molecule has 0 radical (unpaired) electrons. The number of hydrogen-bond acceptors (Lipinski definition) is 3. The Morgan fingerprint density at radius 3 is 2.58 bits per heavy atom. The minimum Gasteiger partial charge on any atom is -0.302 e. The molecule has 0 N–H and O–H groups in total. The molecule has 0 aliphatic rings. The Morgan fingerprint density at radius 1 is 1.12 bits per heavy atom. The molecule has 26 heavy (non-hydrogen) atoms. The van der Waals surface area contributed by atoms with Gasteiger partial charge in [-0.1, -0.05) is 54.2 Å². The van der Waals surface area contributed by atoms with Crippen molar-refractivity contribution in [1.29, 1.82) is 0 Å². The zero-order chi connectivity index (χ0) is 18.5. The predicted octanol–water partition coefficient (Wildman–Crippen LogP) is 5.19. The first-order valence-corrected chi connectivity index (χ1v) is 9.15. The van der Waals surface area contributed by atoms with Crippen LogP contribution in [0.15, 0.2) is 66.3 Å². The standard InChI is InChI=1S/C20H19F2N3S/c1-3-11-25-19(12-15-7-5-4-6-8-15)23-24-20(25)26-14(2)16-9-10-17(21)18(22)13-16/h3-10,13-14H,1,11-12H2,2H3. The fourth-order valence-corrected chi connectivity index (χ4v) is 3.61. The maximum absolute atomic E-state index is 13.5. The maximum atomic E-state index is 13.5. The molecule has 3 rings (SSSR count). The highest BCUT2D eigenvalue weighted by Gasteiger charge is 2.17. The molecule has 3 nitrogen and oxygen atoms in total. The van der Waals surface area contributed by atoms with Gasteiger partial charge in [-0.05, 0) is 30.2 Å². The molecule has 0 saturated heterocycles. The van der Waals surface area contributed by atoms with E-state index in [0.29, 0.717) is 18.5 Å². The third-order valence-corrected chi connectivity index (χ3v) is 5.14. The first-order chi connectivity index (χ1) is 12.6. The van der Waals surface area contributed by atoms with Gasteiger partial charge in [0.1, 0.15) is 5.82 Å². The smallest absolute Gasteiger partial charge is 0.192 e. The van der Waals surface area contributed by atoms with Crippen LogP contribution in [-0.4, -0.2) is 14.8 Å². The lowest BCUT2D eigenvalue weighted by atomic mass is 10.1.